The second-order valence-corrected chi connectivity index (χ2v) is 8.68. The Labute approximate surface area is 188 Å². The summed E-state index contributed by atoms with van der Waals surface area (Å²) in [5.41, 5.74) is 2.10. The van der Waals surface area contributed by atoms with E-state index in [1.54, 1.807) is 24.0 Å². The zero-order chi connectivity index (χ0) is 22.1. The van der Waals surface area contributed by atoms with Crippen LogP contribution in [0.4, 0.5) is 23.5 Å². The molecule has 32 heavy (non-hydrogen) atoms. The van der Waals surface area contributed by atoms with Crippen molar-refractivity contribution in [3.63, 3.8) is 0 Å². The molecule has 0 spiro atoms. The Bertz CT molecular complexity index is 990. The van der Waals surface area contributed by atoms with E-state index in [9.17, 15) is 4.79 Å². The monoisotopic (exact) mass is 434 g/mol. The maximum atomic E-state index is 12.9. The average Bonchev–Trinajstić information content (AvgIpc) is 3.10. The number of fused-ring (bicyclic) bond motifs is 1. The average molecular weight is 435 g/mol. The first kappa shape index (κ1) is 20.7. The summed E-state index contributed by atoms with van der Waals surface area (Å²) >= 11 is 0. The molecule has 4 heterocycles. The maximum Gasteiger partial charge on any atom is 0.279 e. The standard InChI is InChI=1S/C23H30N8O/c1-28-18-12-6-5-11-17(18)19(20(28)32)27-29(2)21-24-22(30-13-7-3-8-14-30)26-23(25-21)31-15-9-4-10-16-31/h5-6,11-12H,3-4,7-10,13-16H2,1-2H3/b27-19-. The zero-order valence-electron chi connectivity index (χ0n) is 18.9. The number of aromatic nitrogens is 3. The van der Waals surface area contributed by atoms with Gasteiger partial charge in [-0.3, -0.25) is 4.79 Å². The number of likely N-dealkylation sites (N-methyl/N-ethyl adjacent to an activating group) is 1. The lowest BCUT2D eigenvalue weighted by Crippen LogP contribution is -2.35. The van der Waals surface area contributed by atoms with Gasteiger partial charge < -0.3 is 14.7 Å². The number of benzene rings is 1. The molecule has 2 aromatic rings. The number of hydrazone groups is 1. The Balaban J connectivity index is 1.51. The molecule has 9 heteroatoms. The van der Waals surface area contributed by atoms with Gasteiger partial charge in [0.2, 0.25) is 11.9 Å². The van der Waals surface area contributed by atoms with E-state index in [0.717, 1.165) is 63.1 Å². The highest BCUT2D eigenvalue weighted by atomic mass is 16.2. The van der Waals surface area contributed by atoms with Gasteiger partial charge in [0.25, 0.3) is 11.9 Å². The van der Waals surface area contributed by atoms with Crippen LogP contribution in [0, 0.1) is 0 Å². The lowest BCUT2D eigenvalue weighted by molar-refractivity contribution is -0.111. The van der Waals surface area contributed by atoms with Gasteiger partial charge in [-0.25, -0.2) is 5.01 Å². The van der Waals surface area contributed by atoms with Gasteiger partial charge in [0.05, 0.1) is 5.69 Å². The third kappa shape index (κ3) is 3.87. The normalized spacial score (nSPS) is 20.1. The predicted molar refractivity (Wildman–Crippen MR) is 127 cm³/mol. The molecule has 2 saturated heterocycles. The van der Waals surface area contributed by atoms with Gasteiger partial charge in [-0.2, -0.15) is 20.1 Å². The molecular weight excluding hydrogens is 404 g/mol. The molecule has 0 N–H and O–H groups in total. The molecule has 3 aliphatic rings. The highest BCUT2D eigenvalue weighted by Crippen LogP contribution is 2.29. The van der Waals surface area contributed by atoms with Crippen LogP contribution < -0.4 is 19.7 Å². The van der Waals surface area contributed by atoms with Crippen LogP contribution in [0.5, 0.6) is 0 Å². The van der Waals surface area contributed by atoms with E-state index in [1.165, 1.54) is 12.8 Å². The van der Waals surface area contributed by atoms with E-state index in [1.807, 2.05) is 24.3 Å². The summed E-state index contributed by atoms with van der Waals surface area (Å²) in [6.07, 6.45) is 7.09. The van der Waals surface area contributed by atoms with Crippen LogP contribution >= 0.6 is 0 Å². The van der Waals surface area contributed by atoms with Gasteiger partial charge >= 0.3 is 0 Å². The lowest BCUT2D eigenvalue weighted by atomic mass is 10.1. The smallest absolute Gasteiger partial charge is 0.279 e. The molecule has 0 aliphatic carbocycles. The highest BCUT2D eigenvalue weighted by Gasteiger charge is 2.32. The van der Waals surface area contributed by atoms with Gasteiger partial charge in [0, 0.05) is 45.8 Å². The fourth-order valence-corrected chi connectivity index (χ4v) is 4.60. The summed E-state index contributed by atoms with van der Waals surface area (Å²) in [5.74, 6) is 1.75. The van der Waals surface area contributed by atoms with Crippen molar-refractivity contribution in [3.05, 3.63) is 29.8 Å². The molecule has 1 aromatic heterocycles. The van der Waals surface area contributed by atoms with E-state index >= 15 is 0 Å². The van der Waals surface area contributed by atoms with E-state index in [2.05, 4.69) is 14.9 Å². The molecule has 9 nitrogen and oxygen atoms in total. The molecule has 1 amide bonds. The van der Waals surface area contributed by atoms with Crippen molar-refractivity contribution in [3.8, 4) is 0 Å². The number of carbonyl (C=O) groups excluding carboxylic acids is 1. The summed E-state index contributed by atoms with van der Waals surface area (Å²) in [6, 6.07) is 7.71. The quantitative estimate of drug-likeness (QED) is 0.685. The Morgan fingerprint density at radius 1 is 0.844 bits per heavy atom. The van der Waals surface area contributed by atoms with E-state index in [0.29, 0.717) is 23.6 Å². The molecule has 2 fully saturated rings. The SMILES string of the molecule is CN(/N=C1\C(=O)N(C)c2ccccc21)c1nc(N2CCCCC2)nc(N2CCCCC2)n1. The van der Waals surface area contributed by atoms with Crippen LogP contribution in [0.15, 0.2) is 29.4 Å². The zero-order valence-corrected chi connectivity index (χ0v) is 18.9. The van der Waals surface area contributed by atoms with Crippen molar-refractivity contribution in [1.82, 2.24) is 15.0 Å². The molecule has 0 atom stereocenters. The first-order valence-electron chi connectivity index (χ1n) is 11.6. The minimum absolute atomic E-state index is 0.125. The van der Waals surface area contributed by atoms with E-state index in [-0.39, 0.29) is 5.91 Å². The molecule has 168 valence electrons. The topological polar surface area (TPSA) is 81.1 Å². The van der Waals surface area contributed by atoms with Crippen molar-refractivity contribution < 1.29 is 4.79 Å². The van der Waals surface area contributed by atoms with Crippen molar-refractivity contribution in [2.75, 3.05) is 60.0 Å². The molecule has 0 unspecified atom stereocenters. The van der Waals surface area contributed by atoms with Gasteiger partial charge in [0.1, 0.15) is 0 Å². The summed E-state index contributed by atoms with van der Waals surface area (Å²) in [4.78, 5) is 33.3. The molecule has 0 saturated carbocycles. The largest absolute Gasteiger partial charge is 0.341 e. The van der Waals surface area contributed by atoms with Gasteiger partial charge in [0.15, 0.2) is 5.71 Å². The summed E-state index contributed by atoms with van der Waals surface area (Å²) in [5, 5.41) is 6.28. The summed E-state index contributed by atoms with van der Waals surface area (Å²) < 4.78 is 0. The minimum Gasteiger partial charge on any atom is -0.341 e. The summed E-state index contributed by atoms with van der Waals surface area (Å²) in [6.45, 7) is 3.82. The van der Waals surface area contributed by atoms with Gasteiger partial charge in [-0.1, -0.05) is 18.2 Å². The number of hydrogen-bond acceptors (Lipinski definition) is 8. The molecule has 3 aliphatic heterocycles. The van der Waals surface area contributed by atoms with Crippen molar-refractivity contribution >= 4 is 35.2 Å². The van der Waals surface area contributed by atoms with Crippen LogP contribution in [0.2, 0.25) is 0 Å². The highest BCUT2D eigenvalue weighted by molar-refractivity contribution is 6.54. The van der Waals surface area contributed by atoms with Crippen molar-refractivity contribution in [2.45, 2.75) is 38.5 Å². The fourth-order valence-electron chi connectivity index (χ4n) is 4.60. The number of carbonyl (C=O) groups is 1. The number of anilines is 4. The van der Waals surface area contributed by atoms with Crippen LogP contribution in [0.25, 0.3) is 0 Å². The minimum atomic E-state index is -0.125. The molecule has 1 aromatic carbocycles. The van der Waals surface area contributed by atoms with Crippen molar-refractivity contribution in [2.24, 2.45) is 5.10 Å². The lowest BCUT2D eigenvalue weighted by Gasteiger charge is -2.30. The molecule has 0 bridgehead atoms. The number of piperidine rings is 2. The first-order chi connectivity index (χ1) is 15.6. The van der Waals surface area contributed by atoms with Crippen LogP contribution in [0.3, 0.4) is 0 Å². The van der Waals surface area contributed by atoms with Crippen LogP contribution in [-0.4, -0.2) is 66.8 Å². The van der Waals surface area contributed by atoms with Crippen molar-refractivity contribution in [1.29, 1.82) is 0 Å². The van der Waals surface area contributed by atoms with Gasteiger partial charge in [-0.05, 0) is 44.6 Å². The Morgan fingerprint density at radius 3 is 2.00 bits per heavy atom. The maximum absolute atomic E-state index is 12.9. The van der Waals surface area contributed by atoms with E-state index < -0.39 is 0 Å². The number of rotatable bonds is 4. The third-order valence-corrected chi connectivity index (χ3v) is 6.44. The second-order valence-electron chi connectivity index (χ2n) is 8.68. The Hall–Kier alpha value is -3.23. The Kier molecular flexibility index (Phi) is 5.63. The predicted octanol–water partition coefficient (Wildman–Crippen LogP) is 2.67. The molecular formula is C23H30N8O. The number of hydrogen-bond donors (Lipinski definition) is 0. The van der Waals surface area contributed by atoms with Crippen LogP contribution in [-0.2, 0) is 4.79 Å². The first-order valence-corrected chi connectivity index (χ1v) is 11.6. The second kappa shape index (κ2) is 8.72. The number of para-hydroxylation sites is 1. The fraction of sp³-hybridized carbons (Fsp3) is 0.522. The molecule has 0 radical (unpaired) electrons. The number of nitrogens with zero attached hydrogens (tertiary/aromatic N) is 8. The Morgan fingerprint density at radius 2 is 1.41 bits per heavy atom. The van der Waals surface area contributed by atoms with Gasteiger partial charge in [-0.15, -0.1) is 0 Å². The number of amides is 1. The summed E-state index contributed by atoms with van der Waals surface area (Å²) in [7, 11) is 3.58. The van der Waals surface area contributed by atoms with E-state index in [4.69, 9.17) is 15.0 Å². The van der Waals surface area contributed by atoms with Crippen LogP contribution in [0.1, 0.15) is 44.1 Å². The third-order valence-electron chi connectivity index (χ3n) is 6.44. The molecule has 5 rings (SSSR count).